The van der Waals surface area contributed by atoms with Gasteiger partial charge >= 0.3 is 0 Å². The van der Waals surface area contributed by atoms with Crippen LogP contribution in [0.25, 0.3) is 0 Å². The van der Waals surface area contributed by atoms with Crippen LogP contribution in [-0.2, 0) is 6.61 Å². The van der Waals surface area contributed by atoms with Gasteiger partial charge in [-0.2, -0.15) is 0 Å². The van der Waals surface area contributed by atoms with Crippen molar-refractivity contribution in [2.75, 3.05) is 5.73 Å². The second-order valence-electron chi connectivity index (χ2n) is 3.61. The van der Waals surface area contributed by atoms with Crippen molar-refractivity contribution in [3.05, 3.63) is 49.6 Å². The highest BCUT2D eigenvalue weighted by Crippen LogP contribution is 2.36. The number of pyridine rings is 1. The number of nitrogens with zero attached hydrogens (tertiary/aromatic N) is 1. The lowest BCUT2D eigenvalue weighted by atomic mass is 10.3. The van der Waals surface area contributed by atoms with E-state index in [2.05, 4.69) is 52.8 Å². The number of hydrogen-bond acceptors (Lipinski definition) is 3. The molecule has 0 bridgehead atoms. The fourth-order valence-electron chi connectivity index (χ4n) is 1.41. The highest BCUT2D eigenvalue weighted by Gasteiger charge is 2.08. The number of nitrogen functional groups attached to an aromatic ring is 1. The lowest BCUT2D eigenvalue weighted by Crippen LogP contribution is -1.98. The van der Waals surface area contributed by atoms with Crippen molar-refractivity contribution < 1.29 is 4.74 Å². The van der Waals surface area contributed by atoms with Crippen molar-refractivity contribution in [1.29, 1.82) is 0 Å². The number of ether oxygens (including phenoxy) is 1. The van der Waals surface area contributed by atoms with E-state index in [-0.39, 0.29) is 0 Å². The van der Waals surface area contributed by atoms with Crippen LogP contribution in [0.2, 0.25) is 0 Å². The zero-order chi connectivity index (χ0) is 13.1. The number of halogens is 3. The van der Waals surface area contributed by atoms with Gasteiger partial charge < -0.3 is 10.5 Å². The molecule has 2 rings (SSSR count). The Morgan fingerprint density at radius 1 is 1.06 bits per heavy atom. The fraction of sp³-hybridized carbons (Fsp3) is 0.0833. The number of anilines is 1. The molecule has 0 unspecified atom stereocenters. The third-order valence-electron chi connectivity index (χ3n) is 2.17. The third kappa shape index (κ3) is 3.46. The van der Waals surface area contributed by atoms with Crippen molar-refractivity contribution in [2.45, 2.75) is 6.61 Å². The van der Waals surface area contributed by atoms with Crippen molar-refractivity contribution >= 4 is 53.5 Å². The Morgan fingerprint density at radius 3 is 2.33 bits per heavy atom. The molecule has 1 aromatic heterocycles. The number of aromatic nitrogens is 1. The first-order valence-corrected chi connectivity index (χ1v) is 7.41. The molecule has 0 saturated heterocycles. The molecule has 0 aliphatic heterocycles. The molecule has 0 saturated carbocycles. The summed E-state index contributed by atoms with van der Waals surface area (Å²) in [5.41, 5.74) is 7.38. The van der Waals surface area contributed by atoms with Gasteiger partial charge in [0.2, 0.25) is 0 Å². The summed E-state index contributed by atoms with van der Waals surface area (Å²) in [7, 11) is 0. The molecule has 0 aliphatic carbocycles. The average molecular weight is 437 g/mol. The molecule has 94 valence electrons. The summed E-state index contributed by atoms with van der Waals surface area (Å²) < 4.78 is 8.32. The molecule has 0 radical (unpaired) electrons. The summed E-state index contributed by atoms with van der Waals surface area (Å²) in [6, 6.07) is 5.57. The Morgan fingerprint density at radius 2 is 1.72 bits per heavy atom. The lowest BCUT2D eigenvalue weighted by molar-refractivity contribution is 0.302. The van der Waals surface area contributed by atoms with E-state index in [0.29, 0.717) is 12.3 Å². The Bertz CT molecular complexity index is 552. The molecular weight excluding hydrogens is 428 g/mol. The van der Waals surface area contributed by atoms with Crippen LogP contribution in [0.3, 0.4) is 0 Å². The van der Waals surface area contributed by atoms with E-state index in [1.165, 1.54) is 0 Å². The van der Waals surface area contributed by atoms with Gasteiger partial charge in [0.1, 0.15) is 12.4 Å². The second kappa shape index (κ2) is 6.04. The summed E-state index contributed by atoms with van der Waals surface area (Å²) in [6.07, 6.45) is 3.50. The summed E-state index contributed by atoms with van der Waals surface area (Å²) in [5.74, 6) is 0.726. The molecule has 0 amide bonds. The summed E-state index contributed by atoms with van der Waals surface area (Å²) in [6.45, 7) is 0.438. The molecular formula is C12H9Br3N2O. The highest BCUT2D eigenvalue weighted by molar-refractivity contribution is 9.11. The predicted octanol–water partition coefficient (Wildman–Crippen LogP) is 4.53. The molecule has 0 fully saturated rings. The van der Waals surface area contributed by atoms with Crippen LogP contribution in [0.15, 0.2) is 44.0 Å². The normalized spacial score (nSPS) is 10.4. The molecule has 6 heteroatoms. The van der Waals surface area contributed by atoms with Crippen molar-refractivity contribution in [2.24, 2.45) is 0 Å². The van der Waals surface area contributed by atoms with Crippen LogP contribution in [0, 0.1) is 0 Å². The molecule has 0 spiro atoms. The lowest BCUT2D eigenvalue weighted by Gasteiger charge is -2.11. The van der Waals surface area contributed by atoms with E-state index in [1.807, 2.05) is 6.07 Å². The van der Waals surface area contributed by atoms with E-state index in [9.17, 15) is 0 Å². The minimum atomic E-state index is 0.438. The van der Waals surface area contributed by atoms with E-state index in [4.69, 9.17) is 10.5 Å². The Kier molecular flexibility index (Phi) is 4.64. The zero-order valence-corrected chi connectivity index (χ0v) is 13.9. The first kappa shape index (κ1) is 13.8. The quantitative estimate of drug-likeness (QED) is 0.719. The first-order valence-electron chi connectivity index (χ1n) is 5.03. The van der Waals surface area contributed by atoms with Crippen LogP contribution in [0.1, 0.15) is 5.56 Å². The monoisotopic (exact) mass is 434 g/mol. The minimum absolute atomic E-state index is 0.438. The summed E-state index contributed by atoms with van der Waals surface area (Å²) >= 11 is 10.2. The third-order valence-corrected chi connectivity index (χ3v) is 3.78. The van der Waals surface area contributed by atoms with Gasteiger partial charge in [0.25, 0.3) is 0 Å². The van der Waals surface area contributed by atoms with E-state index in [0.717, 1.165) is 24.7 Å². The molecule has 3 nitrogen and oxygen atoms in total. The van der Waals surface area contributed by atoms with Crippen molar-refractivity contribution in [3.63, 3.8) is 0 Å². The van der Waals surface area contributed by atoms with Crippen LogP contribution in [0.4, 0.5) is 5.69 Å². The van der Waals surface area contributed by atoms with Gasteiger partial charge in [0.05, 0.1) is 8.95 Å². The maximum Gasteiger partial charge on any atom is 0.148 e. The van der Waals surface area contributed by atoms with Gasteiger partial charge in [-0.15, -0.1) is 0 Å². The van der Waals surface area contributed by atoms with Gasteiger partial charge in [-0.05, 0) is 66.0 Å². The maximum absolute atomic E-state index is 5.75. The van der Waals surface area contributed by atoms with Gasteiger partial charge in [-0.25, -0.2) is 0 Å². The van der Waals surface area contributed by atoms with E-state index >= 15 is 0 Å². The Balaban J connectivity index is 2.16. The predicted molar refractivity (Wildman–Crippen MR) is 82.5 cm³/mol. The first-order chi connectivity index (χ1) is 8.56. The minimum Gasteiger partial charge on any atom is -0.486 e. The highest BCUT2D eigenvalue weighted by atomic mass is 79.9. The van der Waals surface area contributed by atoms with Gasteiger partial charge in [-0.3, -0.25) is 4.98 Å². The number of benzene rings is 1. The fourth-order valence-corrected chi connectivity index (χ4v) is 3.27. The van der Waals surface area contributed by atoms with Crippen LogP contribution < -0.4 is 10.5 Å². The molecule has 0 atom stereocenters. The van der Waals surface area contributed by atoms with Crippen molar-refractivity contribution in [1.82, 2.24) is 4.98 Å². The molecule has 1 aromatic carbocycles. The number of nitrogens with two attached hydrogens (primary N) is 1. The Hall–Kier alpha value is -0.590. The largest absolute Gasteiger partial charge is 0.486 e. The Labute approximate surface area is 130 Å². The molecule has 0 aliphatic rings. The second-order valence-corrected chi connectivity index (χ2v) is 6.24. The molecule has 18 heavy (non-hydrogen) atoms. The van der Waals surface area contributed by atoms with Gasteiger partial charge in [0, 0.05) is 28.1 Å². The standard InChI is InChI=1S/C12H9Br3N2O/c13-8-1-7(4-17-5-8)6-18-12-10(14)2-9(16)3-11(12)15/h1-5H,6,16H2. The molecule has 2 N–H and O–H groups in total. The number of rotatable bonds is 3. The van der Waals surface area contributed by atoms with Crippen molar-refractivity contribution in [3.8, 4) is 5.75 Å². The summed E-state index contributed by atoms with van der Waals surface area (Å²) in [5, 5.41) is 0. The van der Waals surface area contributed by atoms with Gasteiger partial charge in [-0.1, -0.05) is 0 Å². The van der Waals surface area contributed by atoms with E-state index in [1.54, 1.807) is 24.5 Å². The maximum atomic E-state index is 5.75. The van der Waals surface area contributed by atoms with E-state index < -0.39 is 0 Å². The average Bonchev–Trinajstić information content (AvgIpc) is 2.27. The van der Waals surface area contributed by atoms with Crippen LogP contribution in [-0.4, -0.2) is 4.98 Å². The summed E-state index contributed by atoms with van der Waals surface area (Å²) in [4.78, 5) is 4.09. The topological polar surface area (TPSA) is 48.1 Å². The zero-order valence-electron chi connectivity index (χ0n) is 9.16. The number of hydrogen-bond donors (Lipinski definition) is 1. The van der Waals surface area contributed by atoms with Crippen LogP contribution >= 0.6 is 47.8 Å². The smallest absolute Gasteiger partial charge is 0.148 e. The van der Waals surface area contributed by atoms with Crippen LogP contribution in [0.5, 0.6) is 5.75 Å². The molecule has 1 heterocycles. The molecule has 2 aromatic rings. The van der Waals surface area contributed by atoms with Gasteiger partial charge in [0.15, 0.2) is 0 Å². The SMILES string of the molecule is Nc1cc(Br)c(OCc2cncc(Br)c2)c(Br)c1.